The first-order chi connectivity index (χ1) is 6.29. The first-order valence-electron chi connectivity index (χ1n) is 3.95. The average molecular weight is 192 g/mol. The number of benzene rings is 1. The maximum absolute atomic E-state index is 5.70. The smallest absolute Gasteiger partial charge is 0.307 e. The van der Waals surface area contributed by atoms with Crippen LogP contribution in [0.2, 0.25) is 0 Å². The Hall–Kier alpha value is -1.42. The fourth-order valence-electron chi connectivity index (χ4n) is 1.15. The molecule has 66 valence electrons. The second-order valence-corrected chi connectivity index (χ2v) is 3.55. The van der Waals surface area contributed by atoms with Crippen molar-refractivity contribution in [1.82, 2.24) is 4.37 Å². The highest BCUT2D eigenvalue weighted by Gasteiger charge is 2.14. The molecule has 0 saturated heterocycles. The largest absolute Gasteiger partial charge is 0.311 e. The van der Waals surface area contributed by atoms with Gasteiger partial charge in [-0.15, -0.1) is 0 Å². The first kappa shape index (κ1) is 8.19. The minimum absolute atomic E-state index is 0.721. The first-order valence-corrected chi connectivity index (χ1v) is 4.73. The van der Waals surface area contributed by atoms with Gasteiger partial charge in [-0.3, -0.25) is 0 Å². The van der Waals surface area contributed by atoms with Gasteiger partial charge in [-0.2, -0.15) is 0 Å². The van der Waals surface area contributed by atoms with Gasteiger partial charge in [0.05, 0.1) is 12.6 Å². The molecule has 0 saturated carbocycles. The molecule has 2 aromatic rings. The molecule has 0 atom stereocenters. The van der Waals surface area contributed by atoms with Crippen molar-refractivity contribution in [2.45, 2.75) is 0 Å². The van der Waals surface area contributed by atoms with Crippen LogP contribution in [0.15, 0.2) is 30.3 Å². The number of nitrogens with zero attached hydrogens (tertiary/aromatic N) is 2. The third-order valence-corrected chi connectivity index (χ3v) is 2.63. The van der Waals surface area contributed by atoms with E-state index in [1.165, 1.54) is 11.5 Å². The molecule has 1 aromatic carbocycles. The maximum Gasteiger partial charge on any atom is 0.311 e. The van der Waals surface area contributed by atoms with E-state index in [4.69, 9.17) is 5.73 Å². The Kier molecular flexibility index (Phi) is 1.98. The van der Waals surface area contributed by atoms with E-state index in [1.807, 2.05) is 41.9 Å². The van der Waals surface area contributed by atoms with Crippen LogP contribution in [0, 0.1) is 0 Å². The molecule has 2 N–H and O–H groups in total. The van der Waals surface area contributed by atoms with Gasteiger partial charge < -0.3 is 5.73 Å². The summed E-state index contributed by atoms with van der Waals surface area (Å²) in [6, 6.07) is 10.0. The van der Waals surface area contributed by atoms with E-state index in [0.717, 1.165) is 16.5 Å². The highest BCUT2D eigenvalue weighted by molar-refractivity contribution is 7.09. The van der Waals surface area contributed by atoms with Gasteiger partial charge >= 0.3 is 5.13 Å². The molecular weight excluding hydrogens is 182 g/mol. The average Bonchev–Trinajstić information content (AvgIpc) is 2.49. The molecule has 0 amide bonds. The van der Waals surface area contributed by atoms with Crippen molar-refractivity contribution in [3.63, 3.8) is 0 Å². The number of hydrogen-bond donors (Lipinski definition) is 1. The molecule has 0 spiro atoms. The van der Waals surface area contributed by atoms with Crippen LogP contribution in [0.3, 0.4) is 0 Å². The fraction of sp³-hybridized carbons (Fsp3) is 0.111. The maximum atomic E-state index is 5.70. The van der Waals surface area contributed by atoms with Gasteiger partial charge in [-0.1, -0.05) is 18.2 Å². The SMILES string of the molecule is C[n+]1c(-c2ccccc2)nsc1N. The van der Waals surface area contributed by atoms with Gasteiger partial charge in [0.25, 0.3) is 5.82 Å². The summed E-state index contributed by atoms with van der Waals surface area (Å²) < 4.78 is 6.15. The summed E-state index contributed by atoms with van der Waals surface area (Å²) in [7, 11) is 1.92. The summed E-state index contributed by atoms with van der Waals surface area (Å²) in [5.74, 6) is 0.920. The standard InChI is InChI=1S/C9H9N3S/c1-12-8(11-13-9(12)10)7-5-3-2-4-6-7/h2-6,10H,1H3/p+1. The van der Waals surface area contributed by atoms with E-state index in [-0.39, 0.29) is 0 Å². The quantitative estimate of drug-likeness (QED) is 0.690. The van der Waals surface area contributed by atoms with Crippen molar-refractivity contribution in [3.05, 3.63) is 30.3 Å². The lowest BCUT2D eigenvalue weighted by Crippen LogP contribution is -2.31. The van der Waals surface area contributed by atoms with Crippen LogP contribution >= 0.6 is 11.5 Å². The van der Waals surface area contributed by atoms with Crippen LogP contribution in [0.1, 0.15) is 0 Å². The second-order valence-electron chi connectivity index (χ2n) is 2.77. The molecule has 0 aliphatic carbocycles. The van der Waals surface area contributed by atoms with Crippen molar-refractivity contribution >= 4 is 16.7 Å². The van der Waals surface area contributed by atoms with E-state index in [0.29, 0.717) is 0 Å². The molecule has 0 radical (unpaired) electrons. The number of hydrogen-bond acceptors (Lipinski definition) is 3. The van der Waals surface area contributed by atoms with Gasteiger partial charge in [0.15, 0.2) is 0 Å². The number of anilines is 1. The zero-order valence-electron chi connectivity index (χ0n) is 7.27. The topological polar surface area (TPSA) is 42.8 Å². The molecule has 4 heteroatoms. The minimum atomic E-state index is 0.721. The van der Waals surface area contributed by atoms with Crippen LogP contribution in [0.25, 0.3) is 11.4 Å². The fourth-order valence-corrected chi connectivity index (χ4v) is 1.77. The normalized spacial score (nSPS) is 10.2. The third-order valence-electron chi connectivity index (χ3n) is 1.91. The van der Waals surface area contributed by atoms with E-state index in [1.54, 1.807) is 0 Å². The van der Waals surface area contributed by atoms with Crippen LogP contribution in [0.4, 0.5) is 5.13 Å². The molecule has 0 fully saturated rings. The monoisotopic (exact) mass is 192 g/mol. The van der Waals surface area contributed by atoms with E-state index in [2.05, 4.69) is 4.37 Å². The lowest BCUT2D eigenvalue weighted by molar-refractivity contribution is -0.643. The summed E-state index contributed by atoms with van der Waals surface area (Å²) in [6.45, 7) is 0. The molecular formula is C9H10N3S+. The minimum Gasteiger partial charge on any atom is -0.307 e. The molecule has 0 bridgehead atoms. The summed E-state index contributed by atoms with van der Waals surface area (Å²) in [4.78, 5) is 0. The Morgan fingerprint density at radius 2 is 2.00 bits per heavy atom. The number of nitrogen functional groups attached to an aromatic ring is 1. The molecule has 2 rings (SSSR count). The summed E-state index contributed by atoms with van der Waals surface area (Å²) in [6.07, 6.45) is 0. The van der Waals surface area contributed by atoms with Crippen molar-refractivity contribution in [2.75, 3.05) is 5.73 Å². The Morgan fingerprint density at radius 1 is 1.31 bits per heavy atom. The number of rotatable bonds is 1. The highest BCUT2D eigenvalue weighted by atomic mass is 32.1. The van der Waals surface area contributed by atoms with Crippen molar-refractivity contribution in [1.29, 1.82) is 0 Å². The van der Waals surface area contributed by atoms with Crippen LogP contribution in [0.5, 0.6) is 0 Å². The Labute approximate surface area is 80.6 Å². The molecule has 0 unspecified atom stereocenters. The number of nitrogens with two attached hydrogens (primary N) is 1. The highest BCUT2D eigenvalue weighted by Crippen LogP contribution is 2.15. The molecule has 13 heavy (non-hydrogen) atoms. The van der Waals surface area contributed by atoms with Gasteiger partial charge in [0.2, 0.25) is 0 Å². The Balaban J connectivity index is 2.53. The van der Waals surface area contributed by atoms with Crippen LogP contribution in [-0.4, -0.2) is 4.37 Å². The zero-order chi connectivity index (χ0) is 9.26. The van der Waals surface area contributed by atoms with Crippen molar-refractivity contribution in [2.24, 2.45) is 7.05 Å². The van der Waals surface area contributed by atoms with Gasteiger partial charge in [0, 0.05) is 0 Å². The van der Waals surface area contributed by atoms with E-state index in [9.17, 15) is 0 Å². The third kappa shape index (κ3) is 1.40. The molecule has 1 heterocycles. The van der Waals surface area contributed by atoms with Gasteiger partial charge in [-0.25, -0.2) is 4.57 Å². The molecule has 0 aliphatic rings. The van der Waals surface area contributed by atoms with E-state index >= 15 is 0 Å². The van der Waals surface area contributed by atoms with Crippen molar-refractivity contribution in [3.8, 4) is 11.4 Å². The second kappa shape index (κ2) is 3.14. The van der Waals surface area contributed by atoms with Crippen LogP contribution in [-0.2, 0) is 7.05 Å². The van der Waals surface area contributed by atoms with Gasteiger partial charge in [-0.05, 0) is 16.5 Å². The predicted molar refractivity (Wildman–Crippen MR) is 53.1 cm³/mol. The Morgan fingerprint density at radius 3 is 2.54 bits per heavy atom. The lowest BCUT2D eigenvalue weighted by Gasteiger charge is -1.93. The van der Waals surface area contributed by atoms with Gasteiger partial charge in [0.1, 0.15) is 11.5 Å². The lowest BCUT2D eigenvalue weighted by atomic mass is 10.2. The summed E-state index contributed by atoms with van der Waals surface area (Å²) in [5, 5.41) is 0.721. The zero-order valence-corrected chi connectivity index (χ0v) is 8.08. The Bertz CT molecular complexity index is 408. The van der Waals surface area contributed by atoms with Crippen LogP contribution < -0.4 is 10.3 Å². The molecule has 1 aromatic heterocycles. The van der Waals surface area contributed by atoms with Crippen molar-refractivity contribution < 1.29 is 4.57 Å². The molecule has 3 nitrogen and oxygen atoms in total. The number of aromatic nitrogens is 2. The summed E-state index contributed by atoms with van der Waals surface area (Å²) >= 11 is 1.32. The van der Waals surface area contributed by atoms with E-state index < -0.39 is 0 Å². The summed E-state index contributed by atoms with van der Waals surface area (Å²) in [5.41, 5.74) is 6.79. The molecule has 0 aliphatic heterocycles. The predicted octanol–water partition coefficient (Wildman–Crippen LogP) is 1.22.